The van der Waals surface area contributed by atoms with Crippen LogP contribution in [0, 0.1) is 0 Å². The predicted molar refractivity (Wildman–Crippen MR) is 41.7 cm³/mol. The highest BCUT2D eigenvalue weighted by Crippen LogP contribution is 2.28. The summed E-state index contributed by atoms with van der Waals surface area (Å²) >= 11 is 0. The van der Waals surface area contributed by atoms with Crippen LogP contribution in [-0.4, -0.2) is 21.2 Å². The third kappa shape index (κ3) is 1.66. The van der Waals surface area contributed by atoms with Crippen molar-refractivity contribution in [1.29, 1.82) is 0 Å². The lowest BCUT2D eigenvalue weighted by Gasteiger charge is -1.99. The number of hydrogen-bond acceptors (Lipinski definition) is 4. The third-order valence-electron chi connectivity index (χ3n) is 1.26. The van der Waals surface area contributed by atoms with Gasteiger partial charge in [-0.15, -0.1) is 0 Å². The normalized spacial score (nSPS) is 8.92. The fourth-order valence-electron chi connectivity index (χ4n) is 0.729. The maximum atomic E-state index is 10.4. The number of azide groups is 1. The summed E-state index contributed by atoms with van der Waals surface area (Å²) in [4.78, 5) is 16.2. The van der Waals surface area contributed by atoms with Crippen molar-refractivity contribution in [3.05, 3.63) is 28.4 Å². The highest BCUT2D eigenvalue weighted by atomic mass is 16.4. The Hall–Kier alpha value is -2.27. The fourth-order valence-corrected chi connectivity index (χ4v) is 0.729. The minimum atomic E-state index is -1.38. The second kappa shape index (κ2) is 3.42. The topological polar surface area (TPSA) is 119 Å². The average molecular weight is 180 g/mol. The van der Waals surface area contributed by atoms with Gasteiger partial charge in [0.25, 0.3) is 0 Å². The van der Waals surface area contributed by atoms with Crippen molar-refractivity contribution in [2.45, 2.75) is 0 Å². The van der Waals surface area contributed by atoms with Gasteiger partial charge in [0, 0.05) is 11.1 Å². The Morgan fingerprint density at radius 2 is 2.38 bits per heavy atom. The Labute approximate surface area is 71.9 Å². The second-order valence-electron chi connectivity index (χ2n) is 2.02. The lowest BCUT2D eigenvalue weighted by Crippen LogP contribution is -1.99. The van der Waals surface area contributed by atoms with Gasteiger partial charge in [-0.1, -0.05) is 5.11 Å². The van der Waals surface area contributed by atoms with Crippen molar-refractivity contribution in [2.24, 2.45) is 5.11 Å². The molecular formula is C6H4N4O3. The van der Waals surface area contributed by atoms with Gasteiger partial charge in [-0.25, -0.2) is 9.78 Å². The molecule has 0 amide bonds. The number of carbonyl (C=O) groups is 1. The summed E-state index contributed by atoms with van der Waals surface area (Å²) in [5.41, 5.74) is 7.36. The first-order valence-corrected chi connectivity index (χ1v) is 3.13. The highest BCUT2D eigenvalue weighted by molar-refractivity contribution is 5.90. The smallest absolute Gasteiger partial charge is 0.358 e. The minimum Gasteiger partial charge on any atom is -0.505 e. The number of carboxylic acids is 1. The monoisotopic (exact) mass is 180 g/mol. The highest BCUT2D eigenvalue weighted by Gasteiger charge is 2.13. The van der Waals surface area contributed by atoms with E-state index in [4.69, 9.17) is 10.6 Å². The van der Waals surface area contributed by atoms with E-state index in [9.17, 15) is 9.90 Å². The van der Waals surface area contributed by atoms with Gasteiger partial charge in [0.15, 0.2) is 11.4 Å². The van der Waals surface area contributed by atoms with E-state index in [1.165, 1.54) is 6.07 Å². The van der Waals surface area contributed by atoms with Crippen LogP contribution >= 0.6 is 0 Å². The van der Waals surface area contributed by atoms with Crippen molar-refractivity contribution < 1.29 is 15.0 Å². The van der Waals surface area contributed by atoms with Crippen LogP contribution in [-0.2, 0) is 0 Å². The van der Waals surface area contributed by atoms with Crippen LogP contribution in [0.2, 0.25) is 0 Å². The summed E-state index contributed by atoms with van der Waals surface area (Å²) in [6.45, 7) is 0. The molecule has 2 N–H and O–H groups in total. The number of aromatic nitrogens is 1. The lowest BCUT2D eigenvalue weighted by molar-refractivity contribution is 0.0687. The second-order valence-corrected chi connectivity index (χ2v) is 2.02. The number of carboxylic acid groups (broad SMARTS) is 1. The largest absolute Gasteiger partial charge is 0.505 e. The molecule has 0 spiro atoms. The van der Waals surface area contributed by atoms with Crippen molar-refractivity contribution in [1.82, 2.24) is 4.98 Å². The van der Waals surface area contributed by atoms with Gasteiger partial charge in [0.2, 0.25) is 0 Å². The molecule has 7 nitrogen and oxygen atoms in total. The van der Waals surface area contributed by atoms with Gasteiger partial charge in [0.1, 0.15) is 0 Å². The maximum absolute atomic E-state index is 10.4. The Balaban J connectivity index is 3.34. The summed E-state index contributed by atoms with van der Waals surface area (Å²) in [5, 5.41) is 20.8. The zero-order valence-electron chi connectivity index (χ0n) is 6.25. The van der Waals surface area contributed by atoms with E-state index in [2.05, 4.69) is 15.0 Å². The van der Waals surface area contributed by atoms with E-state index in [0.29, 0.717) is 0 Å². The molecule has 1 rings (SSSR count). The van der Waals surface area contributed by atoms with Gasteiger partial charge in [0.05, 0.1) is 5.69 Å². The molecule has 0 atom stereocenters. The summed E-state index contributed by atoms with van der Waals surface area (Å²) in [5.74, 6) is -2.01. The summed E-state index contributed by atoms with van der Waals surface area (Å²) in [7, 11) is 0. The summed E-state index contributed by atoms with van der Waals surface area (Å²) in [6.07, 6.45) is 1.13. The molecule has 0 saturated carbocycles. The third-order valence-corrected chi connectivity index (χ3v) is 1.26. The van der Waals surface area contributed by atoms with Crippen LogP contribution in [0.1, 0.15) is 10.5 Å². The molecule has 0 unspecified atom stereocenters. The van der Waals surface area contributed by atoms with E-state index in [-0.39, 0.29) is 5.69 Å². The van der Waals surface area contributed by atoms with Crippen LogP contribution < -0.4 is 0 Å². The molecule has 1 aromatic rings. The molecule has 7 heteroatoms. The van der Waals surface area contributed by atoms with Crippen molar-refractivity contribution >= 4 is 11.7 Å². The molecule has 1 heterocycles. The maximum Gasteiger partial charge on any atom is 0.358 e. The zero-order chi connectivity index (χ0) is 9.84. The molecule has 66 valence electrons. The van der Waals surface area contributed by atoms with E-state index in [1.807, 2.05) is 0 Å². The molecule has 0 bridgehead atoms. The van der Waals surface area contributed by atoms with Crippen molar-refractivity contribution in [3.8, 4) is 5.75 Å². The number of aromatic hydroxyl groups is 1. The van der Waals surface area contributed by atoms with Gasteiger partial charge in [-0.2, -0.15) is 0 Å². The van der Waals surface area contributed by atoms with E-state index < -0.39 is 17.4 Å². The summed E-state index contributed by atoms with van der Waals surface area (Å²) < 4.78 is 0. The van der Waals surface area contributed by atoms with E-state index >= 15 is 0 Å². The number of rotatable bonds is 2. The first-order chi connectivity index (χ1) is 6.16. The molecule has 0 aliphatic heterocycles. The Morgan fingerprint density at radius 3 is 2.92 bits per heavy atom. The number of nitrogens with zero attached hydrogens (tertiary/aromatic N) is 4. The predicted octanol–water partition coefficient (Wildman–Crippen LogP) is 1.43. The first kappa shape index (κ1) is 8.82. The first-order valence-electron chi connectivity index (χ1n) is 3.13. The Kier molecular flexibility index (Phi) is 2.32. The number of pyridine rings is 1. The summed E-state index contributed by atoms with van der Waals surface area (Å²) in [6, 6.07) is 1.21. The molecule has 0 aromatic carbocycles. The quantitative estimate of drug-likeness (QED) is 0.406. The van der Waals surface area contributed by atoms with Gasteiger partial charge in [-0.05, 0) is 11.6 Å². The number of aromatic carboxylic acids is 1. The van der Waals surface area contributed by atoms with Gasteiger partial charge >= 0.3 is 5.97 Å². The molecule has 0 saturated heterocycles. The fraction of sp³-hybridized carbons (Fsp3) is 0. The number of hydrogen-bond donors (Lipinski definition) is 2. The van der Waals surface area contributed by atoms with Crippen LogP contribution in [0.25, 0.3) is 10.4 Å². The molecule has 13 heavy (non-hydrogen) atoms. The van der Waals surface area contributed by atoms with Crippen LogP contribution in [0.15, 0.2) is 17.4 Å². The average Bonchev–Trinajstić information content (AvgIpc) is 2.08. The van der Waals surface area contributed by atoms with Crippen molar-refractivity contribution in [3.63, 3.8) is 0 Å². The molecule has 0 aliphatic carbocycles. The molecule has 0 aliphatic rings. The molecule has 0 fully saturated rings. The minimum absolute atomic E-state index is 0.157. The SMILES string of the molecule is [N-]=[N+]=Nc1ccnc(C(=O)O)c1O. The Bertz CT molecular complexity index is 377. The van der Waals surface area contributed by atoms with Crippen LogP contribution in [0.5, 0.6) is 5.75 Å². The van der Waals surface area contributed by atoms with Gasteiger partial charge in [-0.3, -0.25) is 0 Å². The molecular weight excluding hydrogens is 176 g/mol. The molecule has 1 aromatic heterocycles. The van der Waals surface area contributed by atoms with Crippen molar-refractivity contribution in [2.75, 3.05) is 0 Å². The van der Waals surface area contributed by atoms with E-state index in [0.717, 1.165) is 6.20 Å². The van der Waals surface area contributed by atoms with Gasteiger partial charge < -0.3 is 10.2 Å². The van der Waals surface area contributed by atoms with Crippen LogP contribution in [0.4, 0.5) is 5.69 Å². The standard InChI is InChI=1S/C6H4N4O3/c7-10-9-3-1-2-8-4(5(3)11)6(12)13/h1-2,11H,(H,12,13). The van der Waals surface area contributed by atoms with E-state index in [1.54, 1.807) is 0 Å². The molecule has 0 radical (unpaired) electrons. The van der Waals surface area contributed by atoms with Crippen LogP contribution in [0.3, 0.4) is 0 Å². The Morgan fingerprint density at radius 1 is 1.69 bits per heavy atom. The lowest BCUT2D eigenvalue weighted by atomic mass is 10.3. The zero-order valence-corrected chi connectivity index (χ0v) is 6.25.